The van der Waals surface area contributed by atoms with Gasteiger partial charge in [0, 0.05) is 69.4 Å². The molecule has 0 radical (unpaired) electrons. The molecular weight excluding hydrogens is 487 g/mol. The van der Waals surface area contributed by atoms with Crippen LogP contribution < -0.4 is 10.2 Å². The molecule has 0 atom stereocenters. The molecule has 1 aromatic carbocycles. The minimum Gasteiger partial charge on any atom is -0.368 e. The van der Waals surface area contributed by atoms with Crippen LogP contribution in [0.3, 0.4) is 0 Å². The number of anilines is 1. The van der Waals surface area contributed by atoms with E-state index in [0.29, 0.717) is 0 Å². The van der Waals surface area contributed by atoms with E-state index in [1.807, 2.05) is 44.6 Å². The monoisotopic (exact) mass is 516 g/mol. The lowest BCUT2D eigenvalue weighted by Crippen LogP contribution is -2.52. The highest BCUT2D eigenvalue weighted by atomic mass is 127. The molecule has 1 saturated heterocycles. The van der Waals surface area contributed by atoms with Crippen molar-refractivity contribution in [1.29, 1.82) is 0 Å². The highest BCUT2D eigenvalue weighted by Gasteiger charge is 2.19. The number of nitrogens with zero attached hydrogens (tertiary/aromatic N) is 5. The number of halogens is 2. The van der Waals surface area contributed by atoms with Gasteiger partial charge in [0.2, 0.25) is 0 Å². The summed E-state index contributed by atoms with van der Waals surface area (Å²) in [6.07, 6.45) is 6.14. The summed E-state index contributed by atoms with van der Waals surface area (Å²) in [6, 6.07) is 8.08. The van der Waals surface area contributed by atoms with E-state index < -0.39 is 0 Å². The highest BCUT2D eigenvalue weighted by molar-refractivity contribution is 14.0. The zero-order valence-electron chi connectivity index (χ0n) is 16.6. The fourth-order valence-corrected chi connectivity index (χ4v) is 3.61. The highest BCUT2D eigenvalue weighted by Crippen LogP contribution is 2.20. The smallest absolute Gasteiger partial charge is 0.193 e. The third-order valence-corrected chi connectivity index (χ3v) is 5.23. The van der Waals surface area contributed by atoms with Gasteiger partial charge < -0.3 is 19.7 Å². The second-order valence-corrected chi connectivity index (χ2v) is 7.24. The summed E-state index contributed by atoms with van der Waals surface area (Å²) in [4.78, 5) is 13.4. The number of aliphatic imine (C=N–C) groups is 1. The minimum atomic E-state index is 0. The number of benzene rings is 1. The van der Waals surface area contributed by atoms with Crippen LogP contribution in [0, 0.1) is 6.92 Å². The molecule has 154 valence electrons. The second-order valence-electron chi connectivity index (χ2n) is 6.80. The van der Waals surface area contributed by atoms with Crippen molar-refractivity contribution in [3.8, 4) is 0 Å². The third kappa shape index (κ3) is 6.27. The van der Waals surface area contributed by atoms with Gasteiger partial charge in [0.05, 0.1) is 0 Å². The minimum absolute atomic E-state index is 0. The van der Waals surface area contributed by atoms with Crippen LogP contribution in [-0.2, 0) is 6.54 Å². The van der Waals surface area contributed by atoms with Crippen molar-refractivity contribution < 1.29 is 0 Å². The van der Waals surface area contributed by atoms with Gasteiger partial charge in [-0.05, 0) is 38.0 Å². The van der Waals surface area contributed by atoms with Crippen molar-refractivity contribution in [2.45, 2.75) is 26.3 Å². The largest absolute Gasteiger partial charge is 0.368 e. The van der Waals surface area contributed by atoms with E-state index in [-0.39, 0.29) is 24.0 Å². The van der Waals surface area contributed by atoms with E-state index in [4.69, 9.17) is 11.6 Å². The van der Waals surface area contributed by atoms with Crippen LogP contribution in [0.1, 0.15) is 18.7 Å². The van der Waals surface area contributed by atoms with Crippen molar-refractivity contribution in [1.82, 2.24) is 19.8 Å². The van der Waals surface area contributed by atoms with E-state index in [0.717, 1.165) is 68.9 Å². The predicted molar refractivity (Wildman–Crippen MR) is 128 cm³/mol. The number of aryl methyl sites for hydroxylation is 2. The number of hydrogen-bond donors (Lipinski definition) is 1. The van der Waals surface area contributed by atoms with Crippen LogP contribution in [-0.4, -0.2) is 60.2 Å². The summed E-state index contributed by atoms with van der Waals surface area (Å²) in [5, 5.41) is 4.30. The van der Waals surface area contributed by atoms with E-state index in [9.17, 15) is 0 Å². The first kappa shape index (κ1) is 22.8. The summed E-state index contributed by atoms with van der Waals surface area (Å²) in [6.45, 7) is 7.87. The maximum absolute atomic E-state index is 6.12. The molecule has 1 aromatic heterocycles. The summed E-state index contributed by atoms with van der Waals surface area (Å²) in [5.74, 6) is 2.08. The Kier molecular flexibility index (Phi) is 9.37. The summed E-state index contributed by atoms with van der Waals surface area (Å²) < 4.78 is 2.20. The second kappa shape index (κ2) is 11.5. The molecule has 0 amide bonds. The molecule has 3 rings (SSSR count). The molecule has 1 aliphatic heterocycles. The maximum Gasteiger partial charge on any atom is 0.193 e. The van der Waals surface area contributed by atoms with Gasteiger partial charge in [0.1, 0.15) is 5.82 Å². The number of imidazole rings is 1. The molecule has 1 aliphatic rings. The van der Waals surface area contributed by atoms with Gasteiger partial charge in [-0.1, -0.05) is 17.7 Å². The molecule has 1 fully saturated rings. The van der Waals surface area contributed by atoms with E-state index in [1.165, 1.54) is 5.69 Å². The Morgan fingerprint density at radius 1 is 1.21 bits per heavy atom. The average Bonchev–Trinajstić information content (AvgIpc) is 3.10. The topological polar surface area (TPSA) is 48.7 Å². The van der Waals surface area contributed by atoms with Gasteiger partial charge in [-0.3, -0.25) is 4.99 Å². The van der Waals surface area contributed by atoms with Crippen molar-refractivity contribution in [2.24, 2.45) is 4.99 Å². The van der Waals surface area contributed by atoms with Gasteiger partial charge in [-0.15, -0.1) is 24.0 Å². The van der Waals surface area contributed by atoms with Crippen LogP contribution >= 0.6 is 35.6 Å². The summed E-state index contributed by atoms with van der Waals surface area (Å²) >= 11 is 6.12. The van der Waals surface area contributed by atoms with Crippen LogP contribution in [0.4, 0.5) is 5.69 Å². The Bertz CT molecular complexity index is 755. The van der Waals surface area contributed by atoms with E-state index in [2.05, 4.69) is 35.7 Å². The van der Waals surface area contributed by atoms with Crippen LogP contribution in [0.25, 0.3) is 0 Å². The molecule has 0 aliphatic carbocycles. The lowest BCUT2D eigenvalue weighted by molar-refractivity contribution is 0.372. The van der Waals surface area contributed by atoms with Crippen molar-refractivity contribution in [2.75, 3.05) is 44.7 Å². The Hall–Kier alpha value is -1.48. The van der Waals surface area contributed by atoms with Crippen molar-refractivity contribution >= 4 is 47.2 Å². The summed E-state index contributed by atoms with van der Waals surface area (Å²) in [7, 11) is 1.86. The van der Waals surface area contributed by atoms with E-state index >= 15 is 0 Å². The van der Waals surface area contributed by atoms with Crippen LogP contribution in [0.2, 0.25) is 5.02 Å². The average molecular weight is 517 g/mol. The number of piperazine rings is 1. The van der Waals surface area contributed by atoms with Gasteiger partial charge in [-0.25, -0.2) is 4.98 Å². The van der Waals surface area contributed by atoms with Crippen LogP contribution in [0.15, 0.2) is 41.7 Å². The van der Waals surface area contributed by atoms with Crippen LogP contribution in [0.5, 0.6) is 0 Å². The predicted octanol–water partition coefficient (Wildman–Crippen LogP) is 3.64. The zero-order valence-corrected chi connectivity index (χ0v) is 19.7. The molecule has 28 heavy (non-hydrogen) atoms. The fraction of sp³-hybridized carbons (Fsp3) is 0.500. The maximum atomic E-state index is 6.12. The molecular formula is C20H30ClIN6. The SMILES string of the molecule is CN=C(NCCCCn1ccnc1C)N1CCN(c2cccc(Cl)c2)CC1.I. The van der Waals surface area contributed by atoms with Gasteiger partial charge in [-0.2, -0.15) is 0 Å². The zero-order chi connectivity index (χ0) is 19.1. The molecule has 0 saturated carbocycles. The fourth-order valence-electron chi connectivity index (χ4n) is 3.43. The molecule has 0 spiro atoms. The number of aromatic nitrogens is 2. The first-order valence-electron chi connectivity index (χ1n) is 9.61. The number of nitrogens with one attached hydrogen (secondary N) is 1. The quantitative estimate of drug-likeness (QED) is 0.276. The van der Waals surface area contributed by atoms with Gasteiger partial charge in [0.15, 0.2) is 5.96 Å². The standard InChI is InChI=1S/C20H29ClN6.HI/c1-17-23-9-11-25(17)10-4-3-8-24-20(22-2)27-14-12-26(13-15-27)19-7-5-6-18(21)16-19;/h5-7,9,11,16H,3-4,8,10,12-15H2,1-2H3,(H,22,24);1H. The molecule has 0 unspecified atom stereocenters. The Labute approximate surface area is 190 Å². The van der Waals surface area contributed by atoms with Gasteiger partial charge in [0.25, 0.3) is 0 Å². The summed E-state index contributed by atoms with van der Waals surface area (Å²) in [5.41, 5.74) is 1.19. The molecule has 8 heteroatoms. The van der Waals surface area contributed by atoms with Gasteiger partial charge >= 0.3 is 0 Å². The Balaban J connectivity index is 0.00000280. The molecule has 2 heterocycles. The molecule has 1 N–H and O–H groups in total. The Morgan fingerprint density at radius 2 is 2.00 bits per heavy atom. The molecule has 0 bridgehead atoms. The number of hydrogen-bond acceptors (Lipinski definition) is 3. The van der Waals surface area contributed by atoms with E-state index in [1.54, 1.807) is 0 Å². The third-order valence-electron chi connectivity index (χ3n) is 5.00. The first-order chi connectivity index (χ1) is 13.2. The van der Waals surface area contributed by atoms with Crippen molar-refractivity contribution in [3.63, 3.8) is 0 Å². The lowest BCUT2D eigenvalue weighted by Gasteiger charge is -2.37. The lowest BCUT2D eigenvalue weighted by atomic mass is 10.2. The number of guanidine groups is 1. The molecule has 6 nitrogen and oxygen atoms in total. The number of unbranched alkanes of at least 4 members (excludes halogenated alkanes) is 1. The van der Waals surface area contributed by atoms with Crippen molar-refractivity contribution in [3.05, 3.63) is 47.5 Å². The first-order valence-corrected chi connectivity index (χ1v) is 9.99. The Morgan fingerprint density at radius 3 is 2.64 bits per heavy atom. The normalized spacial score (nSPS) is 14.8. The molecule has 2 aromatic rings. The number of rotatable bonds is 6.